The molecule has 1 heterocycles. The fraction of sp³-hybridized carbons (Fsp3) is 0.714. The van der Waals surface area contributed by atoms with Crippen LogP contribution in [0.4, 0.5) is 0 Å². The van der Waals surface area contributed by atoms with Crippen LogP contribution in [0.1, 0.15) is 38.1 Å². The number of hydrogen-bond donors (Lipinski definition) is 2. The van der Waals surface area contributed by atoms with Gasteiger partial charge in [-0.15, -0.1) is 11.3 Å². The normalized spacial score (nSPS) is 12.8. The highest BCUT2D eigenvalue weighted by molar-refractivity contribution is 7.89. The molecule has 6 heteroatoms. The number of rotatable bonds is 7. The summed E-state index contributed by atoms with van der Waals surface area (Å²) in [6.45, 7) is 11.0. The van der Waals surface area contributed by atoms with Crippen LogP contribution in [0.25, 0.3) is 0 Å². The van der Waals surface area contributed by atoms with Gasteiger partial charge in [-0.25, -0.2) is 13.1 Å². The number of nitrogens with two attached hydrogens (primary N) is 1. The van der Waals surface area contributed by atoms with Gasteiger partial charge in [-0.3, -0.25) is 0 Å². The third kappa shape index (κ3) is 4.04. The molecule has 0 bridgehead atoms. The maximum absolute atomic E-state index is 12.5. The lowest BCUT2D eigenvalue weighted by molar-refractivity contribution is 0.289. The molecule has 0 atom stereocenters. The zero-order valence-electron chi connectivity index (χ0n) is 12.9. The van der Waals surface area contributed by atoms with Crippen molar-refractivity contribution < 1.29 is 8.42 Å². The average molecular weight is 319 g/mol. The van der Waals surface area contributed by atoms with Crippen LogP contribution in [-0.2, 0) is 16.6 Å². The third-order valence-electron chi connectivity index (χ3n) is 3.67. The van der Waals surface area contributed by atoms with E-state index in [1.807, 2.05) is 12.3 Å². The van der Waals surface area contributed by atoms with E-state index in [9.17, 15) is 8.42 Å². The number of thiophene rings is 1. The molecule has 0 unspecified atom stereocenters. The number of nitrogens with one attached hydrogen (secondary N) is 1. The van der Waals surface area contributed by atoms with Crippen molar-refractivity contribution in [2.45, 2.75) is 46.1 Å². The predicted octanol–water partition coefficient (Wildman–Crippen LogP) is 2.72. The quantitative estimate of drug-likeness (QED) is 0.812. The van der Waals surface area contributed by atoms with Gasteiger partial charge in [0.05, 0.1) is 0 Å². The molecule has 0 aliphatic carbocycles. The Hall–Kier alpha value is -0.430. The molecular weight excluding hydrogens is 292 g/mol. The smallest absolute Gasteiger partial charge is 0.241 e. The fourth-order valence-corrected chi connectivity index (χ4v) is 5.28. The van der Waals surface area contributed by atoms with Crippen LogP contribution in [-0.4, -0.2) is 15.0 Å². The summed E-state index contributed by atoms with van der Waals surface area (Å²) in [6.07, 6.45) is 0. The van der Waals surface area contributed by atoms with Gasteiger partial charge in [-0.05, 0) is 35.6 Å². The van der Waals surface area contributed by atoms with Gasteiger partial charge in [0, 0.05) is 18.0 Å². The van der Waals surface area contributed by atoms with E-state index < -0.39 is 10.0 Å². The summed E-state index contributed by atoms with van der Waals surface area (Å²) in [7, 11) is -3.47. The van der Waals surface area contributed by atoms with Crippen LogP contribution in [0.15, 0.2) is 10.3 Å². The molecule has 1 rings (SSSR count). The Morgan fingerprint density at radius 1 is 1.25 bits per heavy atom. The first kappa shape index (κ1) is 17.6. The minimum atomic E-state index is -3.47. The second-order valence-corrected chi connectivity index (χ2v) is 8.55. The largest absolute Gasteiger partial charge is 0.326 e. The van der Waals surface area contributed by atoms with Gasteiger partial charge in [0.15, 0.2) is 0 Å². The Morgan fingerprint density at radius 3 is 2.25 bits per heavy atom. The van der Waals surface area contributed by atoms with E-state index in [2.05, 4.69) is 32.4 Å². The average Bonchev–Trinajstić information content (AvgIpc) is 2.70. The first-order chi connectivity index (χ1) is 9.20. The van der Waals surface area contributed by atoms with Crippen LogP contribution in [0.2, 0.25) is 0 Å². The van der Waals surface area contributed by atoms with Crippen molar-refractivity contribution in [2.75, 3.05) is 6.54 Å². The number of hydrogen-bond acceptors (Lipinski definition) is 4. The molecular formula is C14H26N2O2S2. The van der Waals surface area contributed by atoms with Gasteiger partial charge in [0.25, 0.3) is 0 Å². The molecule has 3 N–H and O–H groups in total. The van der Waals surface area contributed by atoms with Gasteiger partial charge >= 0.3 is 0 Å². The summed E-state index contributed by atoms with van der Waals surface area (Å²) in [5.74, 6) is 1.20. The summed E-state index contributed by atoms with van der Waals surface area (Å²) in [6, 6.07) is 0. The molecule has 1 aromatic rings. The summed E-state index contributed by atoms with van der Waals surface area (Å²) in [5.41, 5.74) is 6.40. The summed E-state index contributed by atoms with van der Waals surface area (Å²) in [4.78, 5) is 1.09. The van der Waals surface area contributed by atoms with E-state index in [1.54, 1.807) is 0 Å². The minimum Gasteiger partial charge on any atom is -0.326 e. The van der Waals surface area contributed by atoms with Crippen molar-refractivity contribution in [1.82, 2.24) is 4.72 Å². The van der Waals surface area contributed by atoms with Crippen molar-refractivity contribution >= 4 is 21.4 Å². The highest BCUT2D eigenvalue weighted by atomic mass is 32.2. The molecule has 116 valence electrons. The maximum atomic E-state index is 12.5. The zero-order chi connectivity index (χ0) is 15.5. The van der Waals surface area contributed by atoms with E-state index in [4.69, 9.17) is 5.73 Å². The van der Waals surface area contributed by atoms with Crippen LogP contribution in [0.5, 0.6) is 0 Å². The predicted molar refractivity (Wildman–Crippen MR) is 85.3 cm³/mol. The molecule has 0 aliphatic heterocycles. The van der Waals surface area contributed by atoms with E-state index in [-0.39, 0.29) is 6.54 Å². The molecule has 0 aliphatic rings. The van der Waals surface area contributed by atoms with Crippen LogP contribution < -0.4 is 10.5 Å². The Morgan fingerprint density at radius 2 is 1.80 bits per heavy atom. The van der Waals surface area contributed by atoms with Gasteiger partial charge in [0.2, 0.25) is 10.0 Å². The fourth-order valence-electron chi connectivity index (χ4n) is 2.51. The lowest BCUT2D eigenvalue weighted by Gasteiger charge is -2.25. The maximum Gasteiger partial charge on any atom is 0.241 e. The standard InChI is InChI=1S/C14H26N2O2S2/c1-9(2)12(10(3)4)7-16-20(17,18)14-11(5)8-19-13(14)6-15/h8-10,12,16H,6-7,15H2,1-5H3. The summed E-state index contributed by atoms with van der Waals surface area (Å²) >= 11 is 1.41. The van der Waals surface area contributed by atoms with Gasteiger partial charge in [0.1, 0.15) is 4.90 Å². The lowest BCUT2D eigenvalue weighted by atomic mass is 9.86. The van der Waals surface area contributed by atoms with E-state index in [0.717, 1.165) is 10.4 Å². The van der Waals surface area contributed by atoms with Crippen molar-refractivity contribution in [3.05, 3.63) is 15.8 Å². The SMILES string of the molecule is Cc1csc(CN)c1S(=O)(=O)NCC(C(C)C)C(C)C. The first-order valence-electron chi connectivity index (χ1n) is 6.97. The second-order valence-electron chi connectivity index (χ2n) is 5.88. The van der Waals surface area contributed by atoms with E-state index in [1.165, 1.54) is 11.3 Å². The molecule has 0 aromatic carbocycles. The van der Waals surface area contributed by atoms with Crippen molar-refractivity contribution in [2.24, 2.45) is 23.5 Å². The molecule has 0 radical (unpaired) electrons. The Labute approximate surface area is 126 Å². The molecule has 0 spiro atoms. The molecule has 0 amide bonds. The van der Waals surface area contributed by atoms with Gasteiger partial charge < -0.3 is 5.73 Å². The highest BCUT2D eigenvalue weighted by Gasteiger charge is 2.25. The van der Waals surface area contributed by atoms with E-state index in [0.29, 0.717) is 29.2 Å². The second kappa shape index (κ2) is 7.02. The van der Waals surface area contributed by atoms with Crippen LogP contribution >= 0.6 is 11.3 Å². The highest BCUT2D eigenvalue weighted by Crippen LogP contribution is 2.27. The van der Waals surface area contributed by atoms with Gasteiger partial charge in [-0.2, -0.15) is 0 Å². The molecule has 4 nitrogen and oxygen atoms in total. The Bertz CT molecular complexity index is 525. The monoisotopic (exact) mass is 318 g/mol. The summed E-state index contributed by atoms with van der Waals surface area (Å²) < 4.78 is 27.7. The molecule has 0 saturated carbocycles. The number of aryl methyl sites for hydroxylation is 1. The third-order valence-corrected chi connectivity index (χ3v) is 6.57. The Balaban J connectivity index is 2.93. The Kier molecular flexibility index (Phi) is 6.19. The van der Waals surface area contributed by atoms with Crippen LogP contribution in [0, 0.1) is 24.7 Å². The summed E-state index contributed by atoms with van der Waals surface area (Å²) in [5, 5.41) is 1.85. The van der Waals surface area contributed by atoms with Crippen molar-refractivity contribution in [3.8, 4) is 0 Å². The minimum absolute atomic E-state index is 0.256. The van der Waals surface area contributed by atoms with Gasteiger partial charge in [-0.1, -0.05) is 27.7 Å². The molecule has 20 heavy (non-hydrogen) atoms. The van der Waals surface area contributed by atoms with Crippen molar-refractivity contribution in [1.29, 1.82) is 0 Å². The van der Waals surface area contributed by atoms with Crippen LogP contribution in [0.3, 0.4) is 0 Å². The zero-order valence-corrected chi connectivity index (χ0v) is 14.6. The topological polar surface area (TPSA) is 72.2 Å². The van der Waals surface area contributed by atoms with Crippen molar-refractivity contribution in [3.63, 3.8) is 0 Å². The lowest BCUT2D eigenvalue weighted by Crippen LogP contribution is -2.34. The number of sulfonamides is 1. The molecule has 1 aromatic heterocycles. The molecule has 0 fully saturated rings. The van der Waals surface area contributed by atoms with E-state index >= 15 is 0 Å². The molecule has 0 saturated heterocycles. The first-order valence-corrected chi connectivity index (χ1v) is 9.33.